The average molecular weight is 135 g/mol. The Morgan fingerprint density at radius 1 is 1.62 bits per heavy atom. The van der Waals surface area contributed by atoms with Gasteiger partial charge >= 0.3 is 0 Å². The lowest BCUT2D eigenvalue weighted by atomic mass is 10.8. The zero-order valence-corrected chi connectivity index (χ0v) is 5.03. The predicted molar refractivity (Wildman–Crippen MR) is 27.3 cm³/mol. The molecule has 0 saturated carbocycles. The Morgan fingerprint density at radius 2 is 2.00 bits per heavy atom. The lowest BCUT2D eigenvalue weighted by Crippen LogP contribution is -2.26. The first kappa shape index (κ1) is 7.42. The van der Waals surface area contributed by atoms with Crippen molar-refractivity contribution in [2.45, 2.75) is 0 Å². The molecule has 0 aliphatic heterocycles. The van der Waals surface area contributed by atoms with Crippen molar-refractivity contribution in [1.29, 1.82) is 0 Å². The van der Waals surface area contributed by atoms with Crippen LogP contribution in [0.2, 0.25) is 0 Å². The third-order valence-electron chi connectivity index (χ3n) is 0.286. The number of carbonyl (C=O) groups is 1. The summed E-state index contributed by atoms with van der Waals surface area (Å²) in [6.45, 7) is 4.45. The van der Waals surface area contributed by atoms with Gasteiger partial charge in [-0.3, -0.25) is 9.52 Å². The van der Waals surface area contributed by atoms with Crippen LogP contribution >= 0.6 is 0 Å². The van der Waals surface area contributed by atoms with Gasteiger partial charge in [0.2, 0.25) is 15.9 Å². The van der Waals surface area contributed by atoms with E-state index in [0.29, 0.717) is 0 Å². The van der Waals surface area contributed by atoms with E-state index in [0.717, 1.165) is 6.26 Å². The van der Waals surface area contributed by atoms with Crippen LogP contribution in [0.5, 0.6) is 0 Å². The van der Waals surface area contributed by atoms with Gasteiger partial charge in [0.1, 0.15) is 0 Å². The number of hydrogen-bond donors (Lipinski definition) is 1. The Hall–Kier alpha value is -0.580. The van der Waals surface area contributed by atoms with Crippen molar-refractivity contribution in [3.05, 3.63) is 6.92 Å². The normalized spacial score (nSPS) is 10.8. The summed E-state index contributed by atoms with van der Waals surface area (Å²) in [6, 6.07) is 0. The molecule has 5 heteroatoms. The van der Waals surface area contributed by atoms with Crippen LogP contribution < -0.4 is 4.72 Å². The smallest absolute Gasteiger partial charge is 0.238 e. The molecule has 0 aromatic heterocycles. The molecule has 8 heavy (non-hydrogen) atoms. The van der Waals surface area contributed by atoms with Crippen LogP contribution in [0.4, 0.5) is 0 Å². The minimum absolute atomic E-state index is 0.845. The van der Waals surface area contributed by atoms with Crippen molar-refractivity contribution in [3.63, 3.8) is 0 Å². The Balaban J connectivity index is 3.95. The Kier molecular flexibility index (Phi) is 1.97. The van der Waals surface area contributed by atoms with Gasteiger partial charge in [-0.15, -0.1) is 0 Å². The van der Waals surface area contributed by atoms with E-state index >= 15 is 0 Å². The molecular formula is C3H5NO3S. The van der Waals surface area contributed by atoms with Gasteiger partial charge in [-0.2, -0.15) is 0 Å². The Bertz CT molecular complexity index is 181. The SMILES string of the molecule is [CH]C(=O)NS(C)(=O)=O. The van der Waals surface area contributed by atoms with Gasteiger partial charge in [-0.05, 0) is 0 Å². The molecule has 46 valence electrons. The summed E-state index contributed by atoms with van der Waals surface area (Å²) in [7, 11) is -3.45. The van der Waals surface area contributed by atoms with Crippen molar-refractivity contribution in [3.8, 4) is 0 Å². The van der Waals surface area contributed by atoms with Gasteiger partial charge in [0.05, 0.1) is 13.2 Å². The number of rotatable bonds is 1. The molecule has 0 bridgehead atoms. The van der Waals surface area contributed by atoms with Gasteiger partial charge in [-0.25, -0.2) is 8.42 Å². The largest absolute Gasteiger partial charge is 0.274 e. The molecule has 4 nitrogen and oxygen atoms in total. The van der Waals surface area contributed by atoms with Crippen LogP contribution in [0, 0.1) is 6.92 Å². The van der Waals surface area contributed by atoms with E-state index in [1.165, 1.54) is 4.72 Å². The monoisotopic (exact) mass is 135 g/mol. The average Bonchev–Trinajstić information content (AvgIpc) is 1.21. The number of amides is 1. The molecule has 0 fully saturated rings. The van der Waals surface area contributed by atoms with Gasteiger partial charge < -0.3 is 0 Å². The van der Waals surface area contributed by atoms with E-state index in [1.807, 2.05) is 0 Å². The minimum Gasteiger partial charge on any atom is -0.274 e. The molecule has 1 amide bonds. The van der Waals surface area contributed by atoms with Crippen LogP contribution in [-0.4, -0.2) is 20.6 Å². The summed E-state index contributed by atoms with van der Waals surface area (Å²) in [5.74, 6) is -1.06. The molecule has 0 aliphatic rings. The third-order valence-corrected chi connectivity index (χ3v) is 0.858. The highest BCUT2D eigenvalue weighted by atomic mass is 32.2. The highest BCUT2D eigenvalue weighted by Crippen LogP contribution is 1.70. The van der Waals surface area contributed by atoms with Gasteiger partial charge in [-0.1, -0.05) is 0 Å². The zero-order valence-electron chi connectivity index (χ0n) is 4.21. The number of hydrogen-bond acceptors (Lipinski definition) is 3. The summed E-state index contributed by atoms with van der Waals surface area (Å²) < 4.78 is 21.6. The molecule has 0 heterocycles. The van der Waals surface area contributed by atoms with E-state index < -0.39 is 15.9 Å². The molecular weight excluding hydrogens is 130 g/mol. The molecule has 0 aromatic rings. The first-order chi connectivity index (χ1) is 3.42. The quantitative estimate of drug-likeness (QED) is 0.490. The molecule has 0 unspecified atom stereocenters. The molecule has 2 radical (unpaired) electrons. The molecule has 0 aromatic carbocycles. The van der Waals surface area contributed by atoms with E-state index in [9.17, 15) is 13.2 Å². The fraction of sp³-hybridized carbons (Fsp3) is 0.333. The fourth-order valence-corrected chi connectivity index (χ4v) is 0.548. The second-order valence-electron chi connectivity index (χ2n) is 1.24. The maximum Gasteiger partial charge on any atom is 0.238 e. The molecule has 0 aliphatic carbocycles. The third kappa shape index (κ3) is 5.42. The number of carbonyl (C=O) groups excluding carboxylic acids is 1. The van der Waals surface area contributed by atoms with Crippen LogP contribution in [-0.2, 0) is 14.8 Å². The lowest BCUT2D eigenvalue weighted by Gasteiger charge is -1.92. The summed E-state index contributed by atoms with van der Waals surface area (Å²) >= 11 is 0. The first-order valence-electron chi connectivity index (χ1n) is 1.69. The highest BCUT2D eigenvalue weighted by Gasteiger charge is 2.00. The molecule has 1 N–H and O–H groups in total. The van der Waals surface area contributed by atoms with Crippen LogP contribution in [0.1, 0.15) is 0 Å². The summed E-state index contributed by atoms with van der Waals surface area (Å²) in [5, 5.41) is 0. The zero-order chi connectivity index (χ0) is 6.78. The number of sulfonamides is 1. The fourth-order valence-electron chi connectivity index (χ4n) is 0.183. The van der Waals surface area contributed by atoms with Crippen molar-refractivity contribution < 1.29 is 13.2 Å². The van der Waals surface area contributed by atoms with Crippen LogP contribution in [0.25, 0.3) is 0 Å². The minimum atomic E-state index is -3.45. The maximum atomic E-state index is 10.0. The molecule has 0 spiro atoms. The first-order valence-corrected chi connectivity index (χ1v) is 3.58. The van der Waals surface area contributed by atoms with Gasteiger partial charge in [0, 0.05) is 0 Å². The number of nitrogens with one attached hydrogen (secondary N) is 1. The van der Waals surface area contributed by atoms with Gasteiger partial charge in [0.15, 0.2) is 0 Å². The van der Waals surface area contributed by atoms with Crippen molar-refractivity contribution in [2.75, 3.05) is 6.26 Å². The van der Waals surface area contributed by atoms with Crippen LogP contribution in [0.3, 0.4) is 0 Å². The van der Waals surface area contributed by atoms with E-state index in [1.54, 1.807) is 0 Å². The van der Waals surface area contributed by atoms with E-state index in [-0.39, 0.29) is 0 Å². The topological polar surface area (TPSA) is 63.2 Å². The van der Waals surface area contributed by atoms with Crippen molar-refractivity contribution in [2.24, 2.45) is 0 Å². The van der Waals surface area contributed by atoms with E-state index in [4.69, 9.17) is 0 Å². The maximum absolute atomic E-state index is 10.0. The second kappa shape index (κ2) is 2.13. The van der Waals surface area contributed by atoms with Crippen molar-refractivity contribution >= 4 is 15.9 Å². The Labute approximate surface area is 47.9 Å². The van der Waals surface area contributed by atoms with Crippen LogP contribution in [0.15, 0.2) is 0 Å². The second-order valence-corrected chi connectivity index (χ2v) is 2.99. The standard InChI is InChI=1S/C3H5NO3S/c1-3(5)4-8(2,6)7/h1H,2H3,(H,4,5). The Morgan fingerprint density at radius 3 is 2.00 bits per heavy atom. The summed E-state index contributed by atoms with van der Waals surface area (Å²) in [4.78, 5) is 9.75. The highest BCUT2D eigenvalue weighted by molar-refractivity contribution is 7.89. The summed E-state index contributed by atoms with van der Waals surface area (Å²) in [5.41, 5.74) is 0. The predicted octanol–water partition coefficient (Wildman–Crippen LogP) is -1.23. The molecule has 0 atom stereocenters. The van der Waals surface area contributed by atoms with Gasteiger partial charge in [0.25, 0.3) is 0 Å². The van der Waals surface area contributed by atoms with E-state index in [2.05, 4.69) is 6.92 Å². The summed E-state index contributed by atoms with van der Waals surface area (Å²) in [6.07, 6.45) is 0.845. The molecule has 0 saturated heterocycles. The van der Waals surface area contributed by atoms with Crippen molar-refractivity contribution in [1.82, 2.24) is 4.72 Å². The lowest BCUT2D eigenvalue weighted by molar-refractivity contribution is -0.115. The molecule has 0 rings (SSSR count).